The minimum absolute atomic E-state index is 0.501. The number of nitrogens with zero attached hydrogens (tertiary/aromatic N) is 1. The van der Waals surface area contributed by atoms with Crippen molar-refractivity contribution in [3.63, 3.8) is 0 Å². The van der Waals surface area contributed by atoms with Crippen LogP contribution >= 0.6 is 0 Å². The van der Waals surface area contributed by atoms with Crippen LogP contribution in [-0.4, -0.2) is 18.6 Å². The first-order valence-electron chi connectivity index (χ1n) is 4.96. The summed E-state index contributed by atoms with van der Waals surface area (Å²) >= 11 is 0. The normalized spacial score (nSPS) is 17.6. The van der Waals surface area contributed by atoms with Crippen molar-refractivity contribution in [3.05, 3.63) is 18.3 Å². The summed E-state index contributed by atoms with van der Waals surface area (Å²) in [5.41, 5.74) is 1.49. The monoisotopic (exact) mass is 192 g/mol. The van der Waals surface area contributed by atoms with Crippen LogP contribution in [0.1, 0.15) is 19.8 Å². The number of anilines is 1. The van der Waals surface area contributed by atoms with Gasteiger partial charge >= 0.3 is 0 Å². The first-order chi connectivity index (χ1) is 6.73. The predicted molar refractivity (Wildman–Crippen MR) is 56.6 cm³/mol. The van der Waals surface area contributed by atoms with Gasteiger partial charge in [0.05, 0.1) is 12.8 Å². The van der Waals surface area contributed by atoms with Crippen molar-refractivity contribution in [2.75, 3.05) is 19.0 Å². The molecule has 0 aromatic carbocycles. The van der Waals surface area contributed by atoms with Crippen molar-refractivity contribution in [3.8, 4) is 5.88 Å². The largest absolute Gasteiger partial charge is 0.480 e. The molecular weight excluding hydrogens is 176 g/mol. The second kappa shape index (κ2) is 3.48. The number of aromatic nitrogens is 1. The molecule has 1 saturated carbocycles. The average molecular weight is 192 g/mol. The Morgan fingerprint density at radius 1 is 1.57 bits per heavy atom. The molecule has 0 atom stereocenters. The maximum atomic E-state index is 5.16. The second-order valence-corrected chi connectivity index (χ2v) is 4.22. The summed E-state index contributed by atoms with van der Waals surface area (Å²) in [5.74, 6) is 0.678. The van der Waals surface area contributed by atoms with E-state index in [0.29, 0.717) is 11.3 Å². The highest BCUT2D eigenvalue weighted by Crippen LogP contribution is 2.45. The molecule has 0 saturated heterocycles. The van der Waals surface area contributed by atoms with Gasteiger partial charge < -0.3 is 10.1 Å². The van der Waals surface area contributed by atoms with Crippen molar-refractivity contribution < 1.29 is 4.74 Å². The van der Waals surface area contributed by atoms with E-state index >= 15 is 0 Å². The third-order valence-electron chi connectivity index (χ3n) is 2.77. The molecule has 3 heteroatoms. The van der Waals surface area contributed by atoms with Gasteiger partial charge in [-0.3, -0.25) is 0 Å². The molecule has 1 aliphatic carbocycles. The first kappa shape index (κ1) is 9.31. The SMILES string of the molecule is COc1ncccc1NCC1(C)CC1. The molecule has 0 aliphatic heterocycles. The lowest BCUT2D eigenvalue weighted by Crippen LogP contribution is -2.12. The summed E-state index contributed by atoms with van der Waals surface area (Å²) < 4.78 is 5.16. The number of nitrogens with one attached hydrogen (secondary N) is 1. The van der Waals surface area contributed by atoms with E-state index in [4.69, 9.17) is 4.74 Å². The zero-order valence-corrected chi connectivity index (χ0v) is 8.71. The molecule has 0 spiro atoms. The van der Waals surface area contributed by atoms with Gasteiger partial charge in [-0.1, -0.05) is 6.92 Å². The Morgan fingerprint density at radius 2 is 2.36 bits per heavy atom. The second-order valence-electron chi connectivity index (χ2n) is 4.22. The molecule has 76 valence electrons. The quantitative estimate of drug-likeness (QED) is 0.794. The van der Waals surface area contributed by atoms with E-state index in [2.05, 4.69) is 17.2 Å². The minimum Gasteiger partial charge on any atom is -0.480 e. The number of hydrogen-bond donors (Lipinski definition) is 1. The van der Waals surface area contributed by atoms with Crippen molar-refractivity contribution in [2.45, 2.75) is 19.8 Å². The van der Waals surface area contributed by atoms with Crippen LogP contribution in [0.2, 0.25) is 0 Å². The summed E-state index contributed by atoms with van der Waals surface area (Å²) in [5, 5.41) is 3.38. The third kappa shape index (κ3) is 1.97. The summed E-state index contributed by atoms with van der Waals surface area (Å²) in [7, 11) is 1.65. The van der Waals surface area contributed by atoms with E-state index < -0.39 is 0 Å². The third-order valence-corrected chi connectivity index (χ3v) is 2.77. The number of ether oxygens (including phenoxy) is 1. The molecule has 1 aliphatic rings. The molecule has 3 nitrogen and oxygen atoms in total. The lowest BCUT2D eigenvalue weighted by atomic mass is 10.1. The fourth-order valence-electron chi connectivity index (χ4n) is 1.39. The Kier molecular flexibility index (Phi) is 2.32. The van der Waals surface area contributed by atoms with Gasteiger partial charge in [0.1, 0.15) is 0 Å². The van der Waals surface area contributed by atoms with Gasteiger partial charge in [0.15, 0.2) is 0 Å². The molecule has 1 aromatic rings. The lowest BCUT2D eigenvalue weighted by molar-refractivity contribution is 0.399. The van der Waals surface area contributed by atoms with Gasteiger partial charge in [0.25, 0.3) is 0 Å². The van der Waals surface area contributed by atoms with E-state index in [1.165, 1.54) is 12.8 Å². The summed E-state index contributed by atoms with van der Waals surface area (Å²) in [6.07, 6.45) is 4.38. The van der Waals surface area contributed by atoms with E-state index in [1.54, 1.807) is 13.3 Å². The van der Waals surface area contributed by atoms with Gasteiger partial charge in [0, 0.05) is 12.7 Å². The summed E-state index contributed by atoms with van der Waals surface area (Å²) in [6, 6.07) is 3.91. The van der Waals surface area contributed by atoms with Crippen LogP contribution in [0.15, 0.2) is 18.3 Å². The zero-order chi connectivity index (χ0) is 10.0. The summed E-state index contributed by atoms with van der Waals surface area (Å²) in [6.45, 7) is 3.30. The molecule has 14 heavy (non-hydrogen) atoms. The van der Waals surface area contributed by atoms with Gasteiger partial charge in [-0.05, 0) is 30.4 Å². The molecule has 1 aromatic heterocycles. The number of hydrogen-bond acceptors (Lipinski definition) is 3. The Hall–Kier alpha value is -1.25. The van der Waals surface area contributed by atoms with Gasteiger partial charge in [-0.15, -0.1) is 0 Å². The lowest BCUT2D eigenvalue weighted by Gasteiger charge is -2.13. The number of pyridine rings is 1. The molecule has 1 N–H and O–H groups in total. The first-order valence-corrected chi connectivity index (χ1v) is 4.96. The van der Waals surface area contributed by atoms with Crippen molar-refractivity contribution in [1.29, 1.82) is 0 Å². The fraction of sp³-hybridized carbons (Fsp3) is 0.545. The molecular formula is C11H16N2O. The van der Waals surface area contributed by atoms with Gasteiger partial charge in [-0.25, -0.2) is 4.98 Å². The van der Waals surface area contributed by atoms with E-state index in [9.17, 15) is 0 Å². The van der Waals surface area contributed by atoms with Crippen molar-refractivity contribution in [2.24, 2.45) is 5.41 Å². The van der Waals surface area contributed by atoms with Crippen LogP contribution in [0, 0.1) is 5.41 Å². The number of methoxy groups -OCH3 is 1. The topological polar surface area (TPSA) is 34.1 Å². The van der Waals surface area contributed by atoms with Gasteiger partial charge in [-0.2, -0.15) is 0 Å². The van der Waals surface area contributed by atoms with Crippen LogP contribution in [0.3, 0.4) is 0 Å². The molecule has 0 unspecified atom stereocenters. The maximum absolute atomic E-state index is 5.16. The van der Waals surface area contributed by atoms with E-state index in [-0.39, 0.29) is 0 Å². The Bertz CT molecular complexity index is 321. The van der Waals surface area contributed by atoms with E-state index in [1.807, 2.05) is 12.1 Å². The molecule has 0 amide bonds. The fourth-order valence-corrected chi connectivity index (χ4v) is 1.39. The highest BCUT2D eigenvalue weighted by molar-refractivity contribution is 5.52. The maximum Gasteiger partial charge on any atom is 0.237 e. The van der Waals surface area contributed by atoms with Crippen molar-refractivity contribution >= 4 is 5.69 Å². The standard InChI is InChI=1S/C11H16N2O/c1-11(5-6-11)8-13-9-4-3-7-12-10(9)14-2/h3-4,7,13H,5-6,8H2,1-2H3. The highest BCUT2D eigenvalue weighted by Gasteiger charge is 2.36. The molecule has 2 rings (SSSR count). The smallest absolute Gasteiger partial charge is 0.237 e. The van der Waals surface area contributed by atoms with Crippen molar-refractivity contribution in [1.82, 2.24) is 4.98 Å². The van der Waals surface area contributed by atoms with Crippen LogP contribution < -0.4 is 10.1 Å². The average Bonchev–Trinajstić information content (AvgIpc) is 2.95. The number of rotatable bonds is 4. The highest BCUT2D eigenvalue weighted by atomic mass is 16.5. The summed E-state index contributed by atoms with van der Waals surface area (Å²) in [4.78, 5) is 4.13. The van der Waals surface area contributed by atoms with E-state index in [0.717, 1.165) is 12.2 Å². The predicted octanol–water partition coefficient (Wildman–Crippen LogP) is 2.30. The Balaban J connectivity index is 2.00. The van der Waals surface area contributed by atoms with Gasteiger partial charge in [0.2, 0.25) is 5.88 Å². The zero-order valence-electron chi connectivity index (χ0n) is 8.71. The molecule has 0 radical (unpaired) electrons. The Morgan fingerprint density at radius 3 is 3.00 bits per heavy atom. The van der Waals surface area contributed by atoms with Crippen LogP contribution in [0.25, 0.3) is 0 Å². The molecule has 1 fully saturated rings. The van der Waals surface area contributed by atoms with Crippen LogP contribution in [0.5, 0.6) is 5.88 Å². The molecule has 1 heterocycles. The Labute approximate surface area is 84.5 Å². The molecule has 0 bridgehead atoms. The van der Waals surface area contributed by atoms with Crippen LogP contribution in [-0.2, 0) is 0 Å². The minimum atomic E-state index is 0.501. The van der Waals surface area contributed by atoms with Crippen LogP contribution in [0.4, 0.5) is 5.69 Å².